The molecule has 0 aromatic rings. The van der Waals surface area contributed by atoms with Gasteiger partial charge < -0.3 is 15.5 Å². The normalized spacial score (nSPS) is 12.8. The summed E-state index contributed by atoms with van der Waals surface area (Å²) in [4.78, 5) is 12.4. The lowest BCUT2D eigenvalue weighted by molar-refractivity contribution is -0.123. The zero-order valence-electron chi connectivity index (χ0n) is 42.7. The Morgan fingerprint density at radius 3 is 0.887 bits per heavy atom. The van der Waals surface area contributed by atoms with Gasteiger partial charge in [0.15, 0.2) is 0 Å². The number of amides is 1. The highest BCUT2D eigenvalue weighted by Crippen LogP contribution is 2.18. The number of carbonyl (C=O) groups is 1. The van der Waals surface area contributed by atoms with Crippen LogP contribution >= 0.6 is 0 Å². The van der Waals surface area contributed by atoms with Crippen LogP contribution in [-0.4, -0.2) is 34.9 Å². The topological polar surface area (TPSA) is 69.6 Å². The van der Waals surface area contributed by atoms with E-state index in [4.69, 9.17) is 0 Å². The highest BCUT2D eigenvalue weighted by atomic mass is 16.3. The third kappa shape index (κ3) is 50.1. The van der Waals surface area contributed by atoms with Gasteiger partial charge in [0.25, 0.3) is 0 Å². The van der Waals surface area contributed by atoms with Crippen molar-refractivity contribution in [2.75, 3.05) is 6.61 Å². The monoisotopic (exact) mass is 874 g/mol. The van der Waals surface area contributed by atoms with Gasteiger partial charge in [-0.05, 0) is 38.5 Å². The van der Waals surface area contributed by atoms with Crippen molar-refractivity contribution in [2.24, 2.45) is 0 Å². The van der Waals surface area contributed by atoms with Crippen LogP contribution in [0.25, 0.3) is 0 Å². The predicted molar refractivity (Wildman–Crippen MR) is 276 cm³/mol. The van der Waals surface area contributed by atoms with Crippen molar-refractivity contribution >= 4 is 5.91 Å². The average molecular weight is 875 g/mol. The lowest BCUT2D eigenvalue weighted by Crippen LogP contribution is -2.45. The number of allylic oxidation sites excluding steroid dienone is 2. The first-order valence-electron chi connectivity index (χ1n) is 28.9. The number of aliphatic hydroxyl groups is 2. The minimum absolute atomic E-state index is 0.0269. The zero-order valence-corrected chi connectivity index (χ0v) is 42.7. The summed E-state index contributed by atoms with van der Waals surface area (Å²) in [5.74, 6) is -0.0269. The Balaban J connectivity index is 3.28. The van der Waals surface area contributed by atoms with Gasteiger partial charge >= 0.3 is 0 Å². The van der Waals surface area contributed by atoms with E-state index < -0.39 is 12.1 Å². The molecule has 4 nitrogen and oxygen atoms in total. The van der Waals surface area contributed by atoms with Gasteiger partial charge in [0.2, 0.25) is 5.91 Å². The first kappa shape index (κ1) is 61.1. The molecule has 0 saturated heterocycles. The summed E-state index contributed by atoms with van der Waals surface area (Å²) in [6.45, 7) is 4.36. The third-order valence-corrected chi connectivity index (χ3v) is 13.8. The van der Waals surface area contributed by atoms with Crippen molar-refractivity contribution in [3.8, 4) is 0 Å². The Bertz CT molecular complexity index is 860. The molecule has 0 saturated carbocycles. The van der Waals surface area contributed by atoms with E-state index in [1.807, 2.05) is 0 Å². The molecule has 4 heteroatoms. The van der Waals surface area contributed by atoms with Crippen LogP contribution in [0.1, 0.15) is 335 Å². The Labute approximate surface area is 390 Å². The van der Waals surface area contributed by atoms with Crippen molar-refractivity contribution in [3.63, 3.8) is 0 Å². The number of carbonyl (C=O) groups excluding carboxylic acids is 1. The maximum atomic E-state index is 12.4. The van der Waals surface area contributed by atoms with Gasteiger partial charge in [-0.3, -0.25) is 4.79 Å². The van der Waals surface area contributed by atoms with Gasteiger partial charge in [-0.2, -0.15) is 0 Å². The van der Waals surface area contributed by atoms with Crippen molar-refractivity contribution in [1.29, 1.82) is 0 Å². The molecule has 3 N–H and O–H groups in total. The molecule has 0 aromatic carbocycles. The molecule has 0 aliphatic rings. The molecule has 0 fully saturated rings. The van der Waals surface area contributed by atoms with Crippen LogP contribution in [0.3, 0.4) is 0 Å². The van der Waals surface area contributed by atoms with E-state index in [1.165, 1.54) is 283 Å². The van der Waals surface area contributed by atoms with Crippen LogP contribution in [0.5, 0.6) is 0 Å². The fraction of sp³-hybridized carbons (Fsp3) is 0.948. The lowest BCUT2D eigenvalue weighted by Gasteiger charge is -2.22. The summed E-state index contributed by atoms with van der Waals surface area (Å²) < 4.78 is 0. The second-order valence-electron chi connectivity index (χ2n) is 20.1. The van der Waals surface area contributed by atoms with Gasteiger partial charge in [-0.25, -0.2) is 0 Å². The number of unbranched alkanes of at least 4 members (excludes halogenated alkanes) is 45. The maximum Gasteiger partial charge on any atom is 0.220 e. The van der Waals surface area contributed by atoms with E-state index >= 15 is 0 Å². The van der Waals surface area contributed by atoms with Crippen molar-refractivity contribution < 1.29 is 15.0 Å². The molecule has 1 amide bonds. The Kier molecular flexibility index (Phi) is 53.7. The molecule has 0 aromatic heterocycles. The largest absolute Gasteiger partial charge is 0.394 e. The van der Waals surface area contributed by atoms with Crippen LogP contribution in [0, 0.1) is 0 Å². The molecule has 370 valence electrons. The van der Waals surface area contributed by atoms with Crippen LogP contribution in [0.2, 0.25) is 0 Å². The highest BCUT2D eigenvalue weighted by molar-refractivity contribution is 5.76. The molecule has 0 rings (SSSR count). The summed E-state index contributed by atoms with van der Waals surface area (Å²) in [5.41, 5.74) is 0. The molecule has 0 aliphatic carbocycles. The van der Waals surface area contributed by atoms with Crippen LogP contribution < -0.4 is 5.32 Å². The smallest absolute Gasteiger partial charge is 0.220 e. The minimum atomic E-state index is -0.653. The predicted octanol–water partition coefficient (Wildman–Crippen LogP) is 18.9. The second kappa shape index (κ2) is 54.5. The van der Waals surface area contributed by atoms with Crippen molar-refractivity contribution in [1.82, 2.24) is 5.32 Å². The molecule has 62 heavy (non-hydrogen) atoms. The van der Waals surface area contributed by atoms with Gasteiger partial charge in [0.05, 0.1) is 18.8 Å². The van der Waals surface area contributed by atoms with E-state index in [9.17, 15) is 15.0 Å². The molecule has 2 unspecified atom stereocenters. The van der Waals surface area contributed by atoms with Crippen LogP contribution in [-0.2, 0) is 4.79 Å². The molecular weight excluding hydrogens is 759 g/mol. The average Bonchev–Trinajstić information content (AvgIpc) is 3.28. The van der Waals surface area contributed by atoms with Crippen LogP contribution in [0.15, 0.2) is 12.2 Å². The number of hydrogen-bond acceptors (Lipinski definition) is 3. The summed E-state index contributed by atoms with van der Waals surface area (Å²) >= 11 is 0. The summed E-state index contributed by atoms with van der Waals surface area (Å²) in [6.07, 6.45) is 71.0. The zero-order chi connectivity index (χ0) is 44.9. The second-order valence-corrected chi connectivity index (χ2v) is 20.1. The third-order valence-electron chi connectivity index (χ3n) is 13.8. The Morgan fingerprint density at radius 1 is 0.371 bits per heavy atom. The van der Waals surface area contributed by atoms with E-state index in [0.717, 1.165) is 25.7 Å². The fourth-order valence-corrected chi connectivity index (χ4v) is 9.36. The van der Waals surface area contributed by atoms with Crippen molar-refractivity contribution in [3.05, 3.63) is 12.2 Å². The Hall–Kier alpha value is -0.870. The van der Waals surface area contributed by atoms with Gasteiger partial charge in [0, 0.05) is 6.42 Å². The van der Waals surface area contributed by atoms with Gasteiger partial charge in [-0.15, -0.1) is 0 Å². The molecule has 0 bridgehead atoms. The summed E-state index contributed by atoms with van der Waals surface area (Å²) in [7, 11) is 0. The van der Waals surface area contributed by atoms with Gasteiger partial charge in [0.1, 0.15) is 0 Å². The minimum Gasteiger partial charge on any atom is -0.394 e. The number of aliphatic hydroxyl groups excluding tert-OH is 2. The van der Waals surface area contributed by atoms with Gasteiger partial charge in [-0.1, -0.05) is 302 Å². The number of rotatable bonds is 54. The molecule has 0 radical (unpaired) electrons. The van der Waals surface area contributed by atoms with E-state index in [2.05, 4.69) is 31.3 Å². The molecule has 0 aliphatic heterocycles. The quantitative estimate of drug-likeness (QED) is 0.0421. The number of hydrogen-bond donors (Lipinski definition) is 3. The summed E-state index contributed by atoms with van der Waals surface area (Å²) in [6, 6.07) is -0.529. The summed E-state index contributed by atoms with van der Waals surface area (Å²) in [5, 5.41) is 23.1. The van der Waals surface area contributed by atoms with E-state index in [0.29, 0.717) is 12.8 Å². The SMILES string of the molecule is CCCCCCCCCC/C=C\CCCCCCCCCCCCCCCCCCCCCCCCCCCCCCCC(=O)NC(CO)C(O)CCCCCCCCCCC. The first-order chi connectivity index (χ1) is 30.7. The van der Waals surface area contributed by atoms with Crippen LogP contribution in [0.4, 0.5) is 0 Å². The van der Waals surface area contributed by atoms with Crippen molar-refractivity contribution in [2.45, 2.75) is 347 Å². The first-order valence-corrected chi connectivity index (χ1v) is 28.9. The Morgan fingerprint density at radius 2 is 0.613 bits per heavy atom. The lowest BCUT2D eigenvalue weighted by atomic mass is 10.0. The molecular formula is C58H115NO3. The highest BCUT2D eigenvalue weighted by Gasteiger charge is 2.20. The molecule has 0 spiro atoms. The standard InChI is InChI=1S/C58H115NO3/c1-3-5-7-9-11-13-14-15-16-17-18-19-20-21-22-23-24-25-26-27-28-29-30-31-32-33-34-35-36-37-38-39-40-41-42-43-44-46-48-50-52-54-58(62)59-56(55-60)57(61)53-51-49-47-45-12-10-8-6-4-2/h17-18,56-57,60-61H,3-16,19-55H2,1-2H3,(H,59,62)/b18-17-. The maximum absolute atomic E-state index is 12.4. The molecule has 0 heterocycles. The van der Waals surface area contributed by atoms with E-state index in [1.54, 1.807) is 0 Å². The number of nitrogens with one attached hydrogen (secondary N) is 1. The molecule has 2 atom stereocenters. The fourth-order valence-electron chi connectivity index (χ4n) is 9.36. The van der Waals surface area contributed by atoms with E-state index in [-0.39, 0.29) is 12.5 Å².